The fourth-order valence-electron chi connectivity index (χ4n) is 2.35. The van der Waals surface area contributed by atoms with E-state index in [2.05, 4.69) is 10.4 Å². The highest BCUT2D eigenvalue weighted by Crippen LogP contribution is 2.16. The van der Waals surface area contributed by atoms with Crippen molar-refractivity contribution in [3.63, 3.8) is 0 Å². The molecule has 5 nitrogen and oxygen atoms in total. The van der Waals surface area contributed by atoms with E-state index in [9.17, 15) is 4.79 Å². The van der Waals surface area contributed by atoms with E-state index in [1.54, 1.807) is 17.9 Å². The molecule has 0 saturated heterocycles. The number of nitrogens with one attached hydrogen (secondary N) is 1. The summed E-state index contributed by atoms with van der Waals surface area (Å²) in [5.74, 6) is 0.0665. The van der Waals surface area contributed by atoms with E-state index in [4.69, 9.17) is 0 Å². The molecule has 6 heteroatoms. The molecule has 1 aromatic heterocycles. The molecule has 1 atom stereocenters. The molecular formula is C16H23ClN4O. The van der Waals surface area contributed by atoms with E-state index in [1.165, 1.54) is 0 Å². The second-order valence-electron chi connectivity index (χ2n) is 5.01. The van der Waals surface area contributed by atoms with Gasteiger partial charge in [0.2, 0.25) is 5.91 Å². The monoisotopic (exact) mass is 322 g/mol. The number of amides is 1. The van der Waals surface area contributed by atoms with E-state index in [-0.39, 0.29) is 24.4 Å². The molecule has 120 valence electrons. The van der Waals surface area contributed by atoms with Crippen molar-refractivity contribution in [2.75, 3.05) is 13.6 Å². The Hall–Kier alpha value is -1.85. The van der Waals surface area contributed by atoms with Crippen molar-refractivity contribution in [2.45, 2.75) is 19.5 Å². The molecule has 0 aliphatic heterocycles. The average Bonchev–Trinajstić information content (AvgIpc) is 2.92. The molecule has 0 saturated carbocycles. The Morgan fingerprint density at radius 3 is 2.55 bits per heavy atom. The van der Waals surface area contributed by atoms with Crippen LogP contribution in [0.4, 0.5) is 0 Å². The molecule has 1 aromatic carbocycles. The second kappa shape index (κ2) is 8.56. The summed E-state index contributed by atoms with van der Waals surface area (Å²) >= 11 is 0. The number of hydrogen-bond donors (Lipinski definition) is 1. The first-order valence-electron chi connectivity index (χ1n) is 7.14. The number of nitrogens with zero attached hydrogens (tertiary/aromatic N) is 3. The Labute approximate surface area is 137 Å². The zero-order chi connectivity index (χ0) is 15.2. The van der Waals surface area contributed by atoms with Gasteiger partial charge in [0.15, 0.2) is 0 Å². The predicted octanol–water partition coefficient (Wildman–Crippen LogP) is 2.15. The van der Waals surface area contributed by atoms with Gasteiger partial charge in [-0.2, -0.15) is 5.10 Å². The van der Waals surface area contributed by atoms with Crippen molar-refractivity contribution in [2.24, 2.45) is 7.05 Å². The number of likely N-dealkylation sites (N-methyl/N-ethyl adjacent to an activating group) is 2. The van der Waals surface area contributed by atoms with Crippen molar-refractivity contribution in [1.29, 1.82) is 0 Å². The number of rotatable bonds is 6. The summed E-state index contributed by atoms with van der Waals surface area (Å²) in [6.45, 7) is 3.29. The maximum atomic E-state index is 12.7. The fourth-order valence-corrected chi connectivity index (χ4v) is 2.35. The quantitative estimate of drug-likeness (QED) is 0.886. The normalized spacial score (nSPS) is 11.6. The van der Waals surface area contributed by atoms with E-state index in [1.807, 2.05) is 55.4 Å². The number of carbonyl (C=O) groups excluding carboxylic acids is 1. The first-order valence-corrected chi connectivity index (χ1v) is 7.14. The summed E-state index contributed by atoms with van der Waals surface area (Å²) in [7, 11) is 3.65. The van der Waals surface area contributed by atoms with Crippen LogP contribution in [0.15, 0.2) is 42.7 Å². The Morgan fingerprint density at radius 2 is 2.05 bits per heavy atom. The molecule has 0 bridgehead atoms. The average molecular weight is 323 g/mol. The van der Waals surface area contributed by atoms with Crippen molar-refractivity contribution in [1.82, 2.24) is 20.0 Å². The molecule has 2 aromatic rings. The van der Waals surface area contributed by atoms with Crippen LogP contribution in [0.5, 0.6) is 0 Å². The van der Waals surface area contributed by atoms with Gasteiger partial charge in [-0.05, 0) is 19.5 Å². The van der Waals surface area contributed by atoms with Gasteiger partial charge >= 0.3 is 0 Å². The molecule has 0 aliphatic carbocycles. The minimum Gasteiger partial charge on any atom is -0.337 e. The van der Waals surface area contributed by atoms with Crippen LogP contribution in [0.25, 0.3) is 0 Å². The van der Waals surface area contributed by atoms with E-state index in [0.29, 0.717) is 13.1 Å². The third kappa shape index (κ3) is 4.32. The Balaban J connectivity index is 0.00000242. The predicted molar refractivity (Wildman–Crippen MR) is 89.8 cm³/mol. The summed E-state index contributed by atoms with van der Waals surface area (Å²) < 4.78 is 1.71. The number of hydrogen-bond acceptors (Lipinski definition) is 3. The first-order chi connectivity index (χ1) is 10.2. The molecule has 1 unspecified atom stereocenters. The molecule has 0 radical (unpaired) electrons. The molecule has 0 spiro atoms. The lowest BCUT2D eigenvalue weighted by molar-refractivity contribution is -0.133. The lowest BCUT2D eigenvalue weighted by Crippen LogP contribution is -2.39. The third-order valence-electron chi connectivity index (χ3n) is 3.50. The summed E-state index contributed by atoms with van der Waals surface area (Å²) in [5, 5.41) is 7.23. The zero-order valence-electron chi connectivity index (χ0n) is 13.2. The molecule has 1 amide bonds. The second-order valence-corrected chi connectivity index (χ2v) is 5.01. The summed E-state index contributed by atoms with van der Waals surface area (Å²) in [4.78, 5) is 14.6. The van der Waals surface area contributed by atoms with E-state index >= 15 is 0 Å². The van der Waals surface area contributed by atoms with Gasteiger partial charge in [-0.25, -0.2) is 0 Å². The van der Waals surface area contributed by atoms with Crippen LogP contribution in [0, 0.1) is 0 Å². The highest BCUT2D eigenvalue weighted by Gasteiger charge is 2.24. The van der Waals surface area contributed by atoms with Gasteiger partial charge < -0.3 is 10.2 Å². The van der Waals surface area contributed by atoms with Crippen molar-refractivity contribution < 1.29 is 4.79 Å². The van der Waals surface area contributed by atoms with Gasteiger partial charge in [-0.1, -0.05) is 30.3 Å². The molecule has 1 heterocycles. The van der Waals surface area contributed by atoms with Crippen LogP contribution in [-0.2, 0) is 18.4 Å². The fraction of sp³-hybridized carbons (Fsp3) is 0.375. The van der Waals surface area contributed by atoms with Gasteiger partial charge in [0, 0.05) is 31.9 Å². The maximum Gasteiger partial charge on any atom is 0.244 e. The Bertz CT molecular complexity index is 585. The smallest absolute Gasteiger partial charge is 0.244 e. The molecule has 2 rings (SSSR count). The van der Waals surface area contributed by atoms with Crippen LogP contribution in [0.1, 0.15) is 24.1 Å². The van der Waals surface area contributed by atoms with Crippen LogP contribution >= 0.6 is 12.4 Å². The summed E-state index contributed by atoms with van der Waals surface area (Å²) in [6, 6.07) is 9.67. The number of benzene rings is 1. The SMILES string of the molecule is CCN(Cc1ccccc1)C(=O)C(NC)c1cnn(C)c1.Cl. The minimum atomic E-state index is -0.359. The van der Waals surface area contributed by atoms with Crippen molar-refractivity contribution >= 4 is 18.3 Å². The lowest BCUT2D eigenvalue weighted by atomic mass is 10.1. The van der Waals surface area contributed by atoms with Crippen molar-refractivity contribution in [3.05, 3.63) is 53.9 Å². The molecule has 0 fully saturated rings. The van der Waals surface area contributed by atoms with E-state index in [0.717, 1.165) is 11.1 Å². The molecule has 1 N–H and O–H groups in total. The van der Waals surface area contributed by atoms with Gasteiger partial charge in [0.05, 0.1) is 6.20 Å². The van der Waals surface area contributed by atoms with Gasteiger partial charge in [-0.15, -0.1) is 12.4 Å². The van der Waals surface area contributed by atoms with Gasteiger partial charge in [0.1, 0.15) is 6.04 Å². The molecule has 22 heavy (non-hydrogen) atoms. The topological polar surface area (TPSA) is 50.2 Å². The third-order valence-corrected chi connectivity index (χ3v) is 3.50. The molecular weight excluding hydrogens is 300 g/mol. The van der Waals surface area contributed by atoms with Crippen molar-refractivity contribution in [3.8, 4) is 0 Å². The number of aromatic nitrogens is 2. The minimum absolute atomic E-state index is 0. The Morgan fingerprint density at radius 1 is 1.36 bits per heavy atom. The highest BCUT2D eigenvalue weighted by atomic mass is 35.5. The van der Waals surface area contributed by atoms with Crippen LogP contribution in [-0.4, -0.2) is 34.2 Å². The standard InChI is InChI=1S/C16H22N4O.ClH/c1-4-20(11-13-8-6-5-7-9-13)16(21)15(17-2)14-10-18-19(3)12-14;/h5-10,12,15,17H,4,11H2,1-3H3;1H. The van der Waals surface area contributed by atoms with Gasteiger partial charge in [-0.3, -0.25) is 9.48 Å². The van der Waals surface area contributed by atoms with Crippen LogP contribution in [0.3, 0.4) is 0 Å². The summed E-state index contributed by atoms with van der Waals surface area (Å²) in [6.07, 6.45) is 3.60. The van der Waals surface area contributed by atoms with E-state index < -0.39 is 0 Å². The van der Waals surface area contributed by atoms with Gasteiger partial charge in [0.25, 0.3) is 0 Å². The summed E-state index contributed by atoms with van der Waals surface area (Å²) in [5.41, 5.74) is 2.02. The first kappa shape index (κ1) is 18.2. The zero-order valence-corrected chi connectivity index (χ0v) is 14.0. The molecule has 0 aliphatic rings. The van der Waals surface area contributed by atoms with Crippen LogP contribution in [0.2, 0.25) is 0 Å². The Kier molecular flexibility index (Phi) is 7.08. The number of carbonyl (C=O) groups is 1. The largest absolute Gasteiger partial charge is 0.337 e. The van der Waals surface area contributed by atoms with Crippen LogP contribution < -0.4 is 5.32 Å². The highest BCUT2D eigenvalue weighted by molar-refractivity contribution is 5.85. The number of aryl methyl sites for hydroxylation is 1. The lowest BCUT2D eigenvalue weighted by Gasteiger charge is -2.25. The number of halogens is 1. The maximum absolute atomic E-state index is 12.7.